The number of nitrogens with one attached hydrogen (secondary N) is 1. The van der Waals surface area contributed by atoms with Crippen LogP contribution in [-0.2, 0) is 11.3 Å². The number of aliphatic hydroxyl groups excluding tert-OH is 1. The molecule has 3 aromatic carbocycles. The van der Waals surface area contributed by atoms with E-state index in [1.807, 2.05) is 32.2 Å². The topological polar surface area (TPSA) is 82.1 Å². The molecule has 0 fully saturated rings. The van der Waals surface area contributed by atoms with Gasteiger partial charge in [-0.1, -0.05) is 61.5 Å². The van der Waals surface area contributed by atoms with E-state index in [4.69, 9.17) is 4.74 Å². The van der Waals surface area contributed by atoms with E-state index in [0.29, 0.717) is 25.4 Å². The second-order valence-corrected chi connectivity index (χ2v) is 11.3. The van der Waals surface area contributed by atoms with Crippen molar-refractivity contribution in [2.24, 2.45) is 5.92 Å². The highest BCUT2D eigenvalue weighted by molar-refractivity contribution is 5.99. The first-order valence-electron chi connectivity index (χ1n) is 14.4. The maximum absolute atomic E-state index is 13.6. The summed E-state index contributed by atoms with van der Waals surface area (Å²) in [6.45, 7) is 5.05. The first kappa shape index (κ1) is 32.0. The molecule has 7 nitrogen and oxygen atoms in total. The van der Waals surface area contributed by atoms with Crippen LogP contribution in [0.2, 0.25) is 0 Å². The Bertz CT molecular complexity index is 1380. The Morgan fingerprint density at radius 1 is 1.09 bits per heavy atom. The number of hydrogen-bond acceptors (Lipinski definition) is 5. The molecular weight excluding hydrogens is 559 g/mol. The van der Waals surface area contributed by atoms with Gasteiger partial charge >= 0.3 is 6.18 Å². The summed E-state index contributed by atoms with van der Waals surface area (Å²) in [7, 11) is 2.00. The highest BCUT2D eigenvalue weighted by atomic mass is 19.4. The number of nitrogens with zero attached hydrogens (tertiary/aromatic N) is 2. The summed E-state index contributed by atoms with van der Waals surface area (Å²) in [6.07, 6.45) is -6.73. The van der Waals surface area contributed by atoms with Crippen molar-refractivity contribution in [3.05, 3.63) is 83.9 Å². The molecule has 230 valence electrons. The van der Waals surface area contributed by atoms with Crippen molar-refractivity contribution in [2.45, 2.75) is 51.6 Å². The molecule has 2 N–H and O–H groups in total. The van der Waals surface area contributed by atoms with E-state index in [9.17, 15) is 27.9 Å². The number of halogens is 3. The van der Waals surface area contributed by atoms with Crippen molar-refractivity contribution < 1.29 is 32.6 Å². The number of carbonyl (C=O) groups excluding carboxylic acids is 2. The third-order valence-electron chi connectivity index (χ3n) is 7.59. The predicted molar refractivity (Wildman–Crippen MR) is 160 cm³/mol. The van der Waals surface area contributed by atoms with Crippen molar-refractivity contribution in [3.8, 4) is 16.9 Å². The highest BCUT2D eigenvalue weighted by Gasteiger charge is 2.34. The number of aliphatic hydroxyl groups is 1. The number of ether oxygens (including phenoxy) is 1. The number of alkyl halides is 3. The Kier molecular flexibility index (Phi) is 10.5. The van der Waals surface area contributed by atoms with Gasteiger partial charge in [0.15, 0.2) is 0 Å². The summed E-state index contributed by atoms with van der Waals surface area (Å²) in [6, 6.07) is 22.6. The molecule has 0 bridgehead atoms. The minimum atomic E-state index is -4.45. The standard InChI is InChI=1S/C33H38F3N3O4/c1-22-18-39(23(2)21-40)32(42)28-17-27(37-31(41)15-16-33(34,35)36)13-14-29(28)43-30(22)20-38(3)19-24-9-11-26(12-10-24)25-7-5-4-6-8-25/h4-14,17,22-23,30,40H,15-16,18-21H2,1-3H3,(H,37,41)/t22-,23-,30-/m1/s1. The van der Waals surface area contributed by atoms with Gasteiger partial charge in [0.05, 0.1) is 24.6 Å². The number of amides is 2. The molecule has 0 radical (unpaired) electrons. The average Bonchev–Trinajstić information content (AvgIpc) is 2.98. The molecule has 0 aliphatic carbocycles. The van der Waals surface area contributed by atoms with Crippen LogP contribution in [0, 0.1) is 5.92 Å². The van der Waals surface area contributed by atoms with Crippen molar-refractivity contribution in [1.82, 2.24) is 9.80 Å². The molecule has 0 saturated carbocycles. The Morgan fingerprint density at radius 3 is 2.42 bits per heavy atom. The number of likely N-dealkylation sites (N-methyl/N-ethyl adjacent to an activating group) is 1. The number of fused-ring (bicyclic) bond motifs is 1. The van der Waals surface area contributed by atoms with Gasteiger partial charge in [0, 0.05) is 37.7 Å². The van der Waals surface area contributed by atoms with Gasteiger partial charge in [-0.2, -0.15) is 13.2 Å². The lowest BCUT2D eigenvalue weighted by atomic mass is 9.99. The summed E-state index contributed by atoms with van der Waals surface area (Å²) in [5.74, 6) is -0.969. The molecule has 2 amide bonds. The Morgan fingerprint density at radius 2 is 1.77 bits per heavy atom. The maximum Gasteiger partial charge on any atom is 0.389 e. The van der Waals surface area contributed by atoms with E-state index in [2.05, 4.69) is 46.6 Å². The SMILES string of the molecule is C[C@@H]1CN([C@H](C)CO)C(=O)c2cc(NC(=O)CCC(F)(F)F)ccc2O[C@@H]1CN(C)Cc1ccc(-c2ccccc2)cc1. The average molecular weight is 598 g/mol. The van der Waals surface area contributed by atoms with Crippen LogP contribution in [-0.4, -0.2) is 71.8 Å². The lowest BCUT2D eigenvalue weighted by molar-refractivity contribution is -0.142. The smallest absolute Gasteiger partial charge is 0.389 e. The fraction of sp³-hybridized carbons (Fsp3) is 0.394. The monoisotopic (exact) mass is 597 g/mol. The van der Waals surface area contributed by atoms with Crippen LogP contribution in [0.25, 0.3) is 11.1 Å². The van der Waals surface area contributed by atoms with Crippen LogP contribution in [0.3, 0.4) is 0 Å². The van der Waals surface area contributed by atoms with Crippen LogP contribution in [0.4, 0.5) is 18.9 Å². The molecule has 0 saturated heterocycles. The van der Waals surface area contributed by atoms with Crippen LogP contribution < -0.4 is 10.1 Å². The lowest BCUT2D eigenvalue weighted by Crippen LogP contribution is -2.49. The van der Waals surface area contributed by atoms with Gasteiger partial charge in [-0.3, -0.25) is 14.5 Å². The normalized spacial score (nSPS) is 18.0. The molecule has 3 atom stereocenters. The Hall–Kier alpha value is -3.89. The van der Waals surface area contributed by atoms with E-state index in [1.54, 1.807) is 17.9 Å². The fourth-order valence-electron chi connectivity index (χ4n) is 5.11. The zero-order chi connectivity index (χ0) is 31.1. The summed E-state index contributed by atoms with van der Waals surface area (Å²) in [4.78, 5) is 29.5. The van der Waals surface area contributed by atoms with E-state index in [0.717, 1.165) is 16.7 Å². The molecule has 1 aliphatic heterocycles. The van der Waals surface area contributed by atoms with Crippen LogP contribution in [0.1, 0.15) is 42.6 Å². The molecule has 4 rings (SSSR count). The van der Waals surface area contributed by atoms with Gasteiger partial charge in [0.2, 0.25) is 5.91 Å². The largest absolute Gasteiger partial charge is 0.488 e. The molecular formula is C33H38F3N3O4. The minimum Gasteiger partial charge on any atom is -0.488 e. The fourth-order valence-corrected chi connectivity index (χ4v) is 5.11. The Labute approximate surface area is 250 Å². The number of carbonyl (C=O) groups is 2. The van der Waals surface area contributed by atoms with Gasteiger partial charge < -0.3 is 20.1 Å². The third kappa shape index (κ3) is 8.81. The first-order chi connectivity index (χ1) is 20.4. The lowest BCUT2D eigenvalue weighted by Gasteiger charge is -2.38. The van der Waals surface area contributed by atoms with E-state index in [1.165, 1.54) is 12.1 Å². The molecule has 1 aliphatic rings. The van der Waals surface area contributed by atoms with Gasteiger partial charge in [0.1, 0.15) is 11.9 Å². The van der Waals surface area contributed by atoms with E-state index in [-0.39, 0.29) is 35.8 Å². The highest BCUT2D eigenvalue weighted by Crippen LogP contribution is 2.31. The van der Waals surface area contributed by atoms with Crippen molar-refractivity contribution in [3.63, 3.8) is 0 Å². The maximum atomic E-state index is 13.6. The summed E-state index contributed by atoms with van der Waals surface area (Å²) in [5.41, 5.74) is 3.79. The third-order valence-corrected chi connectivity index (χ3v) is 7.59. The van der Waals surface area contributed by atoms with E-state index >= 15 is 0 Å². The van der Waals surface area contributed by atoms with Crippen molar-refractivity contribution in [2.75, 3.05) is 32.1 Å². The first-order valence-corrected chi connectivity index (χ1v) is 14.4. The molecule has 0 unspecified atom stereocenters. The zero-order valence-electron chi connectivity index (χ0n) is 24.6. The molecule has 10 heteroatoms. The molecule has 3 aromatic rings. The van der Waals surface area contributed by atoms with Gasteiger partial charge in [-0.25, -0.2) is 0 Å². The van der Waals surface area contributed by atoms with E-state index < -0.39 is 31.0 Å². The van der Waals surface area contributed by atoms with Crippen LogP contribution in [0.5, 0.6) is 5.75 Å². The Balaban J connectivity index is 1.51. The molecule has 1 heterocycles. The minimum absolute atomic E-state index is 0.0873. The van der Waals surface area contributed by atoms with Gasteiger partial charge in [0.25, 0.3) is 5.91 Å². The molecule has 0 aromatic heterocycles. The quantitative estimate of drug-likeness (QED) is 0.300. The van der Waals surface area contributed by atoms with Crippen molar-refractivity contribution >= 4 is 17.5 Å². The van der Waals surface area contributed by atoms with Crippen molar-refractivity contribution in [1.29, 1.82) is 0 Å². The molecule has 43 heavy (non-hydrogen) atoms. The summed E-state index contributed by atoms with van der Waals surface area (Å²) in [5, 5.41) is 12.3. The van der Waals surface area contributed by atoms with Crippen LogP contribution in [0.15, 0.2) is 72.8 Å². The number of anilines is 1. The zero-order valence-corrected chi connectivity index (χ0v) is 24.6. The number of benzene rings is 3. The second-order valence-electron chi connectivity index (χ2n) is 11.3. The van der Waals surface area contributed by atoms with Gasteiger partial charge in [-0.05, 0) is 48.9 Å². The summed E-state index contributed by atoms with van der Waals surface area (Å²) < 4.78 is 44.1. The van der Waals surface area contributed by atoms with Gasteiger partial charge in [-0.15, -0.1) is 0 Å². The predicted octanol–water partition coefficient (Wildman–Crippen LogP) is 5.99. The second kappa shape index (κ2) is 14.1. The summed E-state index contributed by atoms with van der Waals surface area (Å²) >= 11 is 0. The number of rotatable bonds is 10. The number of hydrogen-bond donors (Lipinski definition) is 2. The molecule has 0 spiro atoms. The van der Waals surface area contributed by atoms with Crippen LogP contribution >= 0.6 is 0 Å².